The number of rotatable bonds is 7. The van der Waals surface area contributed by atoms with Gasteiger partial charge in [-0.15, -0.1) is 0 Å². The average Bonchev–Trinajstić information content (AvgIpc) is 2.65. The molecule has 2 aromatic rings. The molecule has 0 radical (unpaired) electrons. The number of carboxylic acid groups (broad SMARTS) is 1. The molecule has 7 heteroatoms. The van der Waals surface area contributed by atoms with Crippen LogP contribution in [-0.4, -0.2) is 35.0 Å². The van der Waals surface area contributed by atoms with Crippen molar-refractivity contribution in [2.75, 3.05) is 7.11 Å². The van der Waals surface area contributed by atoms with Crippen LogP contribution in [0.1, 0.15) is 21.5 Å². The van der Waals surface area contributed by atoms with Crippen molar-refractivity contribution in [3.8, 4) is 11.5 Å². The molecule has 0 atom stereocenters. The smallest absolute Gasteiger partial charge is 0.331 e. The molecule has 0 aliphatic rings. The van der Waals surface area contributed by atoms with Gasteiger partial charge in [-0.25, -0.2) is 9.59 Å². The number of carbonyl (C=O) groups is 3. The summed E-state index contributed by atoms with van der Waals surface area (Å²) in [6, 6.07) is 11.3. The van der Waals surface area contributed by atoms with E-state index in [-0.39, 0.29) is 22.6 Å². The van der Waals surface area contributed by atoms with Gasteiger partial charge in [-0.3, -0.25) is 4.79 Å². The second-order valence-corrected chi connectivity index (χ2v) is 5.12. The summed E-state index contributed by atoms with van der Waals surface area (Å²) in [6.07, 6.45) is 1.37. The Bertz CT molecular complexity index is 854. The molecule has 0 amide bonds. The average molecular weight is 356 g/mol. The Morgan fingerprint density at radius 2 is 1.73 bits per heavy atom. The molecule has 26 heavy (non-hydrogen) atoms. The molecule has 2 rings (SSSR count). The highest BCUT2D eigenvalue weighted by molar-refractivity contribution is 6.11. The SMILES string of the molecule is COc1ccc(C(=O)c2ccccc2)c(O)c1COC(=O)/C=C\C(=O)O. The van der Waals surface area contributed by atoms with Crippen molar-refractivity contribution in [2.24, 2.45) is 0 Å². The minimum absolute atomic E-state index is 0.0316. The summed E-state index contributed by atoms with van der Waals surface area (Å²) in [6.45, 7) is -0.395. The van der Waals surface area contributed by atoms with Crippen LogP contribution in [0.3, 0.4) is 0 Å². The highest BCUT2D eigenvalue weighted by Crippen LogP contribution is 2.33. The van der Waals surface area contributed by atoms with Crippen LogP contribution >= 0.6 is 0 Å². The number of carbonyl (C=O) groups excluding carboxylic acids is 2. The Morgan fingerprint density at radius 3 is 2.35 bits per heavy atom. The normalized spacial score (nSPS) is 10.5. The zero-order valence-corrected chi connectivity index (χ0v) is 13.8. The van der Waals surface area contributed by atoms with E-state index in [2.05, 4.69) is 0 Å². The van der Waals surface area contributed by atoms with E-state index in [1.165, 1.54) is 19.2 Å². The second kappa shape index (κ2) is 8.48. The third-order valence-electron chi connectivity index (χ3n) is 3.46. The fraction of sp³-hybridized carbons (Fsp3) is 0.105. The fourth-order valence-corrected chi connectivity index (χ4v) is 2.21. The largest absolute Gasteiger partial charge is 0.507 e. The molecule has 0 unspecified atom stereocenters. The first-order valence-corrected chi connectivity index (χ1v) is 7.50. The first-order chi connectivity index (χ1) is 12.4. The molecule has 2 N–H and O–H groups in total. The van der Waals surface area contributed by atoms with E-state index in [9.17, 15) is 19.5 Å². The Hall–Kier alpha value is -3.61. The number of hydrogen-bond donors (Lipinski definition) is 2. The number of phenols is 1. The number of carboxylic acids is 1. The molecule has 0 aliphatic carbocycles. The predicted octanol–water partition coefficient (Wildman–Crippen LogP) is 2.32. The molecule has 0 bridgehead atoms. The van der Waals surface area contributed by atoms with E-state index in [0.717, 1.165) is 6.08 Å². The summed E-state index contributed by atoms with van der Waals surface area (Å²) >= 11 is 0. The van der Waals surface area contributed by atoms with Gasteiger partial charge in [0, 0.05) is 17.7 Å². The van der Waals surface area contributed by atoms with Gasteiger partial charge in [0.2, 0.25) is 0 Å². The van der Waals surface area contributed by atoms with Gasteiger partial charge in [-0.1, -0.05) is 30.3 Å². The van der Waals surface area contributed by atoms with Gasteiger partial charge in [0.1, 0.15) is 18.1 Å². The molecule has 0 aromatic heterocycles. The van der Waals surface area contributed by atoms with Crippen molar-refractivity contribution in [1.29, 1.82) is 0 Å². The van der Waals surface area contributed by atoms with Crippen LogP contribution in [0.5, 0.6) is 11.5 Å². The van der Waals surface area contributed by atoms with Gasteiger partial charge in [0.05, 0.1) is 18.2 Å². The van der Waals surface area contributed by atoms with Gasteiger partial charge in [0.15, 0.2) is 5.78 Å². The fourth-order valence-electron chi connectivity index (χ4n) is 2.21. The number of methoxy groups -OCH3 is 1. The predicted molar refractivity (Wildman–Crippen MR) is 91.1 cm³/mol. The van der Waals surface area contributed by atoms with Crippen LogP contribution in [0.4, 0.5) is 0 Å². The van der Waals surface area contributed by atoms with Crippen LogP contribution in [-0.2, 0) is 20.9 Å². The summed E-state index contributed by atoms with van der Waals surface area (Å²) in [5.41, 5.74) is 0.524. The third-order valence-corrected chi connectivity index (χ3v) is 3.46. The lowest BCUT2D eigenvalue weighted by molar-refractivity contribution is -0.139. The Labute approximate surface area is 149 Å². The second-order valence-electron chi connectivity index (χ2n) is 5.12. The van der Waals surface area contributed by atoms with Crippen molar-refractivity contribution in [3.05, 3.63) is 71.3 Å². The maximum Gasteiger partial charge on any atom is 0.331 e. The standard InChI is InChI=1S/C19H16O7/c1-25-15-8-7-13(18(23)12-5-3-2-4-6-12)19(24)14(15)11-26-17(22)10-9-16(20)21/h2-10,24H,11H2,1H3,(H,20,21)/b10-9-. The molecule has 0 saturated carbocycles. The molecule has 134 valence electrons. The molecular formula is C19H16O7. The van der Waals surface area contributed by atoms with Crippen LogP contribution in [0.25, 0.3) is 0 Å². The number of aliphatic carboxylic acids is 1. The Kier molecular flexibility index (Phi) is 6.10. The number of esters is 1. The number of ketones is 1. The van der Waals surface area contributed by atoms with Gasteiger partial charge in [0.25, 0.3) is 0 Å². The number of phenolic OH excluding ortho intramolecular Hbond substituents is 1. The zero-order valence-electron chi connectivity index (χ0n) is 13.8. The van der Waals surface area contributed by atoms with E-state index < -0.39 is 24.3 Å². The number of hydrogen-bond acceptors (Lipinski definition) is 6. The minimum Gasteiger partial charge on any atom is -0.507 e. The lowest BCUT2D eigenvalue weighted by Gasteiger charge is -2.13. The van der Waals surface area contributed by atoms with Crippen LogP contribution in [0, 0.1) is 0 Å². The third kappa shape index (κ3) is 4.47. The van der Waals surface area contributed by atoms with E-state index in [1.807, 2.05) is 0 Å². The lowest BCUT2D eigenvalue weighted by Crippen LogP contribution is -2.07. The summed E-state index contributed by atoms with van der Waals surface area (Å²) < 4.78 is 10.0. The maximum atomic E-state index is 12.5. The topological polar surface area (TPSA) is 110 Å². The van der Waals surface area contributed by atoms with E-state index >= 15 is 0 Å². The van der Waals surface area contributed by atoms with Crippen LogP contribution < -0.4 is 4.74 Å². The number of benzene rings is 2. The molecule has 7 nitrogen and oxygen atoms in total. The Morgan fingerprint density at radius 1 is 1.04 bits per heavy atom. The number of aromatic hydroxyl groups is 1. The molecule has 0 saturated heterocycles. The van der Waals surface area contributed by atoms with Crippen molar-refractivity contribution in [1.82, 2.24) is 0 Å². The molecule has 2 aromatic carbocycles. The zero-order chi connectivity index (χ0) is 19.1. The van der Waals surface area contributed by atoms with Crippen molar-refractivity contribution < 1.29 is 34.1 Å². The van der Waals surface area contributed by atoms with E-state index in [0.29, 0.717) is 11.6 Å². The summed E-state index contributed by atoms with van der Waals surface area (Å²) in [4.78, 5) is 34.5. The number of ether oxygens (including phenoxy) is 2. The minimum atomic E-state index is -1.29. The Balaban J connectivity index is 2.29. The molecule has 0 aliphatic heterocycles. The summed E-state index contributed by atoms with van der Waals surface area (Å²) in [7, 11) is 1.36. The lowest BCUT2D eigenvalue weighted by atomic mass is 9.99. The first kappa shape index (κ1) is 18.7. The van der Waals surface area contributed by atoms with Gasteiger partial charge in [-0.05, 0) is 12.1 Å². The van der Waals surface area contributed by atoms with Gasteiger partial charge < -0.3 is 19.7 Å². The molecule has 0 heterocycles. The van der Waals surface area contributed by atoms with E-state index in [4.69, 9.17) is 14.6 Å². The van der Waals surface area contributed by atoms with Crippen molar-refractivity contribution in [2.45, 2.75) is 6.61 Å². The molecule has 0 fully saturated rings. The monoisotopic (exact) mass is 356 g/mol. The molecule has 0 spiro atoms. The van der Waals surface area contributed by atoms with Crippen LogP contribution in [0.15, 0.2) is 54.6 Å². The first-order valence-electron chi connectivity index (χ1n) is 7.50. The van der Waals surface area contributed by atoms with Crippen molar-refractivity contribution in [3.63, 3.8) is 0 Å². The highest BCUT2D eigenvalue weighted by Gasteiger charge is 2.20. The highest BCUT2D eigenvalue weighted by atomic mass is 16.5. The van der Waals surface area contributed by atoms with Gasteiger partial charge >= 0.3 is 11.9 Å². The van der Waals surface area contributed by atoms with Gasteiger partial charge in [-0.2, -0.15) is 0 Å². The quantitative estimate of drug-likeness (QED) is 0.445. The van der Waals surface area contributed by atoms with Crippen LogP contribution in [0.2, 0.25) is 0 Å². The maximum absolute atomic E-state index is 12.5. The molecular weight excluding hydrogens is 340 g/mol. The van der Waals surface area contributed by atoms with E-state index in [1.54, 1.807) is 30.3 Å². The summed E-state index contributed by atoms with van der Waals surface area (Å²) in [5, 5.41) is 18.9. The van der Waals surface area contributed by atoms with Crippen molar-refractivity contribution >= 4 is 17.7 Å². The summed E-state index contributed by atoms with van der Waals surface area (Å²) in [5.74, 6) is -2.74.